The van der Waals surface area contributed by atoms with Gasteiger partial charge in [-0.05, 0) is 85.2 Å². The zero-order valence-electron chi connectivity index (χ0n) is 46.4. The van der Waals surface area contributed by atoms with Crippen LogP contribution in [0.15, 0.2) is 79.0 Å². The van der Waals surface area contributed by atoms with Crippen LogP contribution in [0.3, 0.4) is 0 Å². The Bertz CT molecular complexity index is 2760. The number of likely N-dealkylation sites (N-methyl/N-ethyl adjacent to an activating group) is 1. The maximum atomic E-state index is 14.7. The topological polar surface area (TPSA) is 247 Å². The number of ether oxygens (including phenoxy) is 6. The third-order valence-corrected chi connectivity index (χ3v) is 13.9. The van der Waals surface area contributed by atoms with E-state index >= 15 is 0 Å². The van der Waals surface area contributed by atoms with Crippen molar-refractivity contribution in [1.29, 1.82) is 0 Å². The number of nitrogens with one attached hydrogen (secondary N) is 5. The van der Waals surface area contributed by atoms with Crippen LogP contribution in [-0.2, 0) is 75.8 Å². The molecule has 2 aliphatic heterocycles. The second kappa shape index (κ2) is 28.5. The van der Waals surface area contributed by atoms with Crippen molar-refractivity contribution >= 4 is 35.1 Å². The van der Waals surface area contributed by atoms with Gasteiger partial charge in [-0.3, -0.25) is 28.8 Å². The molecule has 3 aliphatic rings. The monoisotopic (exact) mass is 1120 g/mol. The summed E-state index contributed by atoms with van der Waals surface area (Å²) in [5.74, 6) is -1.04. The molecule has 7 rings (SSSR count). The van der Waals surface area contributed by atoms with E-state index in [2.05, 4.69) is 48.8 Å². The summed E-state index contributed by atoms with van der Waals surface area (Å²) >= 11 is 0. The molecule has 436 valence electrons. The third-order valence-electron chi connectivity index (χ3n) is 13.9. The number of pyridine rings is 1. The number of anilines is 2. The Kier molecular flexibility index (Phi) is 21.7. The van der Waals surface area contributed by atoms with Crippen molar-refractivity contribution in [1.82, 2.24) is 40.9 Å². The zero-order valence-corrected chi connectivity index (χ0v) is 46.4. The van der Waals surface area contributed by atoms with Crippen LogP contribution in [0.1, 0.15) is 86.3 Å². The Morgan fingerprint density at radius 3 is 2.27 bits per heavy atom. The summed E-state index contributed by atoms with van der Waals surface area (Å²) in [7, 11) is 3.40. The number of amides is 4. The van der Waals surface area contributed by atoms with Crippen LogP contribution in [0.25, 0.3) is 0 Å². The normalized spacial score (nSPS) is 17.9. The molecule has 4 heterocycles. The van der Waals surface area contributed by atoms with Crippen LogP contribution in [0.5, 0.6) is 5.75 Å². The zero-order chi connectivity index (χ0) is 57.4. The number of aryl methyl sites for hydroxylation is 2. The summed E-state index contributed by atoms with van der Waals surface area (Å²) in [4.78, 5) is 61.8. The predicted molar refractivity (Wildman–Crippen MR) is 291 cm³/mol. The number of hydrogen-bond acceptors (Lipinski definition) is 16. The van der Waals surface area contributed by atoms with E-state index in [-0.39, 0.29) is 55.0 Å². The fourth-order valence-corrected chi connectivity index (χ4v) is 9.60. The number of benzene rings is 2. The summed E-state index contributed by atoms with van der Waals surface area (Å²) in [6.07, 6.45) is 1.89. The summed E-state index contributed by atoms with van der Waals surface area (Å²) in [6, 6.07) is 14.5. The van der Waals surface area contributed by atoms with Gasteiger partial charge in [0.2, 0.25) is 23.9 Å². The predicted octanol–water partition coefficient (Wildman–Crippen LogP) is 4.47. The number of carbonyl (C=O) groups is 4. The number of carbonyl (C=O) groups excluding carboxylic acids is 4. The number of alkyl halides is 3. The van der Waals surface area contributed by atoms with Gasteiger partial charge in [0.05, 0.1) is 76.3 Å². The Labute approximate surface area is 464 Å². The molecule has 2 aromatic heterocycles. The molecular formula is C56H76F3N11O10. The lowest BCUT2D eigenvalue weighted by molar-refractivity contribution is -0.147. The molecule has 1 aliphatic carbocycles. The average molecular weight is 1120 g/mol. The molecule has 0 spiro atoms. The number of aromatic nitrogens is 3. The van der Waals surface area contributed by atoms with Crippen LogP contribution >= 0.6 is 0 Å². The summed E-state index contributed by atoms with van der Waals surface area (Å²) in [6.45, 7) is 10.2. The molecule has 1 unspecified atom stereocenters. The van der Waals surface area contributed by atoms with Gasteiger partial charge in [-0.2, -0.15) is 18.3 Å². The molecule has 2 aromatic carbocycles. The molecule has 0 saturated carbocycles. The summed E-state index contributed by atoms with van der Waals surface area (Å²) < 4.78 is 74.8. The first-order chi connectivity index (χ1) is 38.3. The molecule has 80 heavy (non-hydrogen) atoms. The molecule has 5 atom stereocenters. The molecule has 24 heteroatoms. The first-order valence-corrected chi connectivity index (χ1v) is 27.0. The fourth-order valence-electron chi connectivity index (χ4n) is 9.60. The quantitative estimate of drug-likeness (QED) is 0.0411. The molecule has 0 fully saturated rings. The van der Waals surface area contributed by atoms with Crippen molar-refractivity contribution in [3.63, 3.8) is 0 Å². The van der Waals surface area contributed by atoms with E-state index in [4.69, 9.17) is 34.2 Å². The number of nitrogens with two attached hydrogens (primary N) is 1. The van der Waals surface area contributed by atoms with Crippen LogP contribution in [0.2, 0.25) is 0 Å². The van der Waals surface area contributed by atoms with Gasteiger partial charge in [0.1, 0.15) is 48.8 Å². The summed E-state index contributed by atoms with van der Waals surface area (Å²) in [5, 5.41) is 19.3. The van der Waals surface area contributed by atoms with Gasteiger partial charge < -0.3 is 65.6 Å². The van der Waals surface area contributed by atoms with Gasteiger partial charge in [0.25, 0.3) is 5.91 Å². The van der Waals surface area contributed by atoms with Gasteiger partial charge >= 0.3 is 6.18 Å². The highest BCUT2D eigenvalue weighted by atomic mass is 19.4. The van der Waals surface area contributed by atoms with Crippen LogP contribution in [0.4, 0.5) is 24.7 Å². The molecule has 4 amide bonds. The number of hydrogen-bond donors (Lipinski definition) is 6. The third kappa shape index (κ3) is 16.9. The van der Waals surface area contributed by atoms with E-state index in [0.29, 0.717) is 88.5 Å². The Morgan fingerprint density at radius 1 is 0.887 bits per heavy atom. The lowest BCUT2D eigenvalue weighted by Gasteiger charge is -2.41. The molecule has 0 saturated heterocycles. The second-order valence-corrected chi connectivity index (χ2v) is 20.9. The maximum Gasteiger partial charge on any atom is 0.405 e. The van der Waals surface area contributed by atoms with Gasteiger partial charge in [-0.25, -0.2) is 4.98 Å². The Hall–Kier alpha value is -6.83. The van der Waals surface area contributed by atoms with E-state index in [1.807, 2.05) is 51.1 Å². The first-order valence-electron chi connectivity index (χ1n) is 27.0. The minimum absolute atomic E-state index is 0.0169. The number of rotatable bonds is 29. The summed E-state index contributed by atoms with van der Waals surface area (Å²) in [5.41, 5.74) is 10.7. The minimum Gasteiger partial charge on any atom is -0.491 e. The second-order valence-electron chi connectivity index (χ2n) is 20.9. The standard InChI is InChI=1S/C56H76F3N11O10/c1-36(61-5)51(72)66-49(55(2,3)4)53(74)69-32-40-28-41(15-14-38(40)29-45(69)52(73)65-43-13-9-11-37-10-7-8-12-42(37)43)79-27-26-78-25-24-77-23-22-76-21-20-75-19-18-62-31-44-46(33-68(6)67-44)70-47(50(60)71)34-80-54(70)39-16-17-63-48(30-39)64-35-56(57,58)59/h7-8,10,12,14-17,28,30,33-34,36,43,45,49,54,61-62H,9,11,13,18-27,29,31-32,35H2,1-6H3,(H2,60,71)(H,63,64)(H,65,73)(H,66,72)/t36-,43+,45-,49+,54?/m0/s1. The highest BCUT2D eigenvalue weighted by Crippen LogP contribution is 2.39. The van der Waals surface area contributed by atoms with Crippen LogP contribution in [0, 0.1) is 5.41 Å². The maximum absolute atomic E-state index is 14.7. The van der Waals surface area contributed by atoms with Crippen molar-refractivity contribution in [2.24, 2.45) is 18.2 Å². The molecule has 7 N–H and O–H groups in total. The smallest absolute Gasteiger partial charge is 0.405 e. The Morgan fingerprint density at radius 2 is 1.59 bits per heavy atom. The largest absolute Gasteiger partial charge is 0.491 e. The van der Waals surface area contributed by atoms with E-state index in [0.717, 1.165) is 36.0 Å². The highest BCUT2D eigenvalue weighted by Gasteiger charge is 2.43. The van der Waals surface area contributed by atoms with E-state index in [1.165, 1.54) is 24.1 Å². The number of nitrogens with zero attached hydrogens (tertiary/aromatic N) is 5. The highest BCUT2D eigenvalue weighted by molar-refractivity contribution is 5.96. The van der Waals surface area contributed by atoms with Crippen molar-refractivity contribution in [2.75, 3.05) is 89.8 Å². The molecule has 4 aromatic rings. The minimum atomic E-state index is -4.44. The van der Waals surface area contributed by atoms with Gasteiger partial charge in [0, 0.05) is 51.1 Å². The van der Waals surface area contributed by atoms with E-state index in [9.17, 15) is 32.3 Å². The SMILES string of the molecule is CN[C@@H](C)C(=O)N[C@H](C(=O)N1Cc2cc(OCCOCCOCCOCCOCCNCc3nn(C)cc3N3C(C(N)=O)=COC3c3ccnc(NCC(F)(F)F)c3)ccc2C[C@H]1C(=O)N[C@@H]1CCCc2ccccc21)C(C)(C)C. The molecule has 0 bridgehead atoms. The average Bonchev–Trinajstić information content (AvgIpc) is 4.19. The van der Waals surface area contributed by atoms with Crippen molar-refractivity contribution < 1.29 is 60.8 Å². The van der Waals surface area contributed by atoms with Gasteiger partial charge in [-0.15, -0.1) is 0 Å². The molecular weight excluding hydrogens is 1040 g/mol. The number of halogens is 3. The van der Waals surface area contributed by atoms with Gasteiger partial charge in [-0.1, -0.05) is 51.1 Å². The molecule has 21 nitrogen and oxygen atoms in total. The van der Waals surface area contributed by atoms with E-state index in [1.54, 1.807) is 47.8 Å². The van der Waals surface area contributed by atoms with Crippen LogP contribution < -0.4 is 42.0 Å². The number of primary amides is 1. The fraction of sp³-hybridized carbons (Fsp3) is 0.536. The molecule has 0 radical (unpaired) electrons. The number of fused-ring (bicyclic) bond motifs is 2. The first kappa shape index (κ1) is 60.8. The van der Waals surface area contributed by atoms with Gasteiger partial charge in [0.15, 0.2) is 0 Å². The van der Waals surface area contributed by atoms with Crippen molar-refractivity contribution in [3.8, 4) is 5.75 Å². The van der Waals surface area contributed by atoms with Crippen LogP contribution in [-0.4, -0.2) is 147 Å². The van der Waals surface area contributed by atoms with E-state index < -0.39 is 48.4 Å². The lowest BCUT2D eigenvalue weighted by Crippen LogP contribution is -2.62. The Balaban J connectivity index is 0.787. The van der Waals surface area contributed by atoms with Crippen molar-refractivity contribution in [2.45, 2.75) is 103 Å². The van der Waals surface area contributed by atoms with Crippen molar-refractivity contribution in [3.05, 3.63) is 112 Å². The lowest BCUT2D eigenvalue weighted by atomic mass is 9.83.